The van der Waals surface area contributed by atoms with E-state index in [0.29, 0.717) is 22.6 Å². The van der Waals surface area contributed by atoms with Gasteiger partial charge in [0.2, 0.25) is 0 Å². The van der Waals surface area contributed by atoms with Crippen LogP contribution in [0.15, 0.2) is 47.5 Å². The van der Waals surface area contributed by atoms with Gasteiger partial charge in [0.05, 0.1) is 12.7 Å². The number of amides is 1. The number of ether oxygens (including phenoxy) is 2. The van der Waals surface area contributed by atoms with E-state index >= 15 is 0 Å². The van der Waals surface area contributed by atoms with Gasteiger partial charge in [0, 0.05) is 28.3 Å². The second-order valence-electron chi connectivity index (χ2n) is 9.72. The maximum Gasteiger partial charge on any atom is 0.254 e. The number of carbonyl (C=O) groups is 1. The van der Waals surface area contributed by atoms with Crippen LogP contribution in [0.25, 0.3) is 0 Å². The summed E-state index contributed by atoms with van der Waals surface area (Å²) >= 11 is 1.62. The number of benzene rings is 2. The summed E-state index contributed by atoms with van der Waals surface area (Å²) in [6.45, 7) is 0.0657. The van der Waals surface area contributed by atoms with E-state index in [2.05, 4.69) is 5.32 Å². The lowest BCUT2D eigenvalue weighted by Crippen LogP contribution is -2.36. The topological polar surface area (TPSA) is 59.9 Å². The second kappa shape index (κ2) is 11.9. The summed E-state index contributed by atoms with van der Waals surface area (Å²) in [5.74, 6) is 0.720. The molecule has 5 rings (SSSR count). The molecule has 0 bridgehead atoms. The smallest absolute Gasteiger partial charge is 0.254 e. The molecule has 1 saturated carbocycles. The standard InChI is InChI=1S/C30H33FN2O3S/c1-35-25-16-9-11-20(28(25)36-19-21-10-5-7-15-24(21)31)18-32-30-27(23-14-6-8-17-26(23)37-30)29(34)33-22-12-3-2-4-13-22/h5,7,9-11,15-16,18,22H,2-4,6,8,12-14,17,19H2,1H3,(H,33,34)/b32-18+. The second-order valence-corrected chi connectivity index (χ2v) is 10.8. The fraction of sp³-hybridized carbons (Fsp3) is 0.400. The zero-order valence-electron chi connectivity index (χ0n) is 21.2. The van der Waals surface area contributed by atoms with Crippen molar-refractivity contribution in [2.45, 2.75) is 70.4 Å². The molecule has 7 heteroatoms. The third-order valence-corrected chi connectivity index (χ3v) is 8.40. The molecule has 2 aliphatic carbocycles. The monoisotopic (exact) mass is 520 g/mol. The Balaban J connectivity index is 1.43. The number of hydrogen-bond donors (Lipinski definition) is 1. The van der Waals surface area contributed by atoms with Crippen molar-refractivity contribution in [1.82, 2.24) is 5.32 Å². The first-order chi connectivity index (χ1) is 18.1. The summed E-state index contributed by atoms with van der Waals surface area (Å²) in [5, 5.41) is 4.04. The van der Waals surface area contributed by atoms with E-state index in [0.717, 1.165) is 49.1 Å². The third-order valence-electron chi connectivity index (χ3n) is 7.20. The van der Waals surface area contributed by atoms with Gasteiger partial charge in [-0.3, -0.25) is 4.79 Å². The molecule has 1 N–H and O–H groups in total. The maximum atomic E-state index is 14.2. The minimum Gasteiger partial charge on any atom is -0.493 e. The Bertz CT molecular complexity index is 1280. The van der Waals surface area contributed by atoms with Crippen molar-refractivity contribution in [3.63, 3.8) is 0 Å². The van der Waals surface area contributed by atoms with Gasteiger partial charge in [-0.25, -0.2) is 9.38 Å². The van der Waals surface area contributed by atoms with Gasteiger partial charge < -0.3 is 14.8 Å². The van der Waals surface area contributed by atoms with Gasteiger partial charge in [0.1, 0.15) is 17.4 Å². The van der Waals surface area contributed by atoms with Crippen LogP contribution >= 0.6 is 11.3 Å². The van der Waals surface area contributed by atoms with Gasteiger partial charge in [-0.2, -0.15) is 0 Å². The number of rotatable bonds is 8. The highest BCUT2D eigenvalue weighted by atomic mass is 32.1. The van der Waals surface area contributed by atoms with Crippen LogP contribution in [0.2, 0.25) is 0 Å². The van der Waals surface area contributed by atoms with Crippen molar-refractivity contribution in [3.8, 4) is 11.5 Å². The summed E-state index contributed by atoms with van der Waals surface area (Å²) in [4.78, 5) is 19.6. The predicted octanol–water partition coefficient (Wildman–Crippen LogP) is 7.17. The molecule has 0 saturated heterocycles. The number of fused-ring (bicyclic) bond motifs is 1. The zero-order valence-corrected chi connectivity index (χ0v) is 22.0. The van der Waals surface area contributed by atoms with Gasteiger partial charge in [-0.1, -0.05) is 43.5 Å². The minimum absolute atomic E-state index is 0.000110. The average molecular weight is 521 g/mol. The Morgan fingerprint density at radius 1 is 1.08 bits per heavy atom. The number of para-hydroxylation sites is 1. The Hall–Kier alpha value is -3.19. The van der Waals surface area contributed by atoms with E-state index in [-0.39, 0.29) is 24.4 Å². The van der Waals surface area contributed by atoms with E-state index in [1.165, 1.54) is 35.8 Å². The van der Waals surface area contributed by atoms with Crippen LogP contribution in [0, 0.1) is 5.82 Å². The molecule has 2 aromatic carbocycles. The molecule has 0 aliphatic heterocycles. The molecule has 0 unspecified atom stereocenters. The number of halogens is 1. The number of nitrogens with zero attached hydrogens (tertiary/aromatic N) is 1. The number of carbonyl (C=O) groups excluding carboxylic acids is 1. The summed E-state index contributed by atoms with van der Waals surface area (Å²) in [7, 11) is 1.58. The Labute approximate surface area is 221 Å². The van der Waals surface area contributed by atoms with Crippen molar-refractivity contribution in [1.29, 1.82) is 0 Å². The van der Waals surface area contributed by atoms with Gasteiger partial charge in [0.15, 0.2) is 11.5 Å². The first-order valence-corrected chi connectivity index (χ1v) is 14.0. The predicted molar refractivity (Wildman–Crippen MR) is 146 cm³/mol. The fourth-order valence-corrected chi connectivity index (χ4v) is 6.45. The van der Waals surface area contributed by atoms with Crippen molar-refractivity contribution >= 4 is 28.5 Å². The number of hydrogen-bond acceptors (Lipinski definition) is 5. The highest BCUT2D eigenvalue weighted by molar-refractivity contribution is 7.16. The molecular formula is C30H33FN2O3S. The SMILES string of the molecule is COc1cccc(/C=N/c2sc3c(c2C(=O)NC2CCCCC2)CCCC3)c1OCc1ccccc1F. The lowest BCUT2D eigenvalue weighted by Gasteiger charge is -2.23. The van der Waals surface area contributed by atoms with Crippen LogP contribution in [0.5, 0.6) is 11.5 Å². The molecular weight excluding hydrogens is 487 g/mol. The van der Waals surface area contributed by atoms with Crippen LogP contribution < -0.4 is 14.8 Å². The van der Waals surface area contributed by atoms with Crippen LogP contribution in [-0.4, -0.2) is 25.3 Å². The summed E-state index contributed by atoms with van der Waals surface area (Å²) in [6.07, 6.45) is 11.6. The Morgan fingerprint density at radius 3 is 2.70 bits per heavy atom. The molecule has 3 aromatic rings. The zero-order chi connectivity index (χ0) is 25.6. The third kappa shape index (κ3) is 5.87. The minimum atomic E-state index is -0.314. The van der Waals surface area contributed by atoms with Gasteiger partial charge >= 0.3 is 0 Å². The molecule has 37 heavy (non-hydrogen) atoms. The van der Waals surface area contributed by atoms with E-state index < -0.39 is 0 Å². The average Bonchev–Trinajstić information content (AvgIpc) is 3.30. The Kier molecular flexibility index (Phi) is 8.19. The normalized spacial score (nSPS) is 15.9. The number of methoxy groups -OCH3 is 1. The Morgan fingerprint density at radius 2 is 1.89 bits per heavy atom. The lowest BCUT2D eigenvalue weighted by atomic mass is 9.93. The lowest BCUT2D eigenvalue weighted by molar-refractivity contribution is 0.0927. The van der Waals surface area contributed by atoms with Crippen LogP contribution in [0.4, 0.5) is 9.39 Å². The maximum absolute atomic E-state index is 14.2. The molecule has 0 radical (unpaired) electrons. The summed E-state index contributed by atoms with van der Waals surface area (Å²) in [5.41, 5.74) is 3.07. The van der Waals surface area contributed by atoms with Crippen LogP contribution in [0.1, 0.15) is 76.9 Å². The molecule has 1 aromatic heterocycles. The van der Waals surface area contributed by atoms with Crippen molar-refractivity contribution in [2.75, 3.05) is 7.11 Å². The van der Waals surface area contributed by atoms with Gasteiger partial charge in [0.25, 0.3) is 5.91 Å². The number of aliphatic imine (C=N–C) groups is 1. The van der Waals surface area contributed by atoms with Gasteiger partial charge in [-0.05, 0) is 62.3 Å². The molecule has 1 fully saturated rings. The largest absolute Gasteiger partial charge is 0.493 e. The van der Waals surface area contributed by atoms with E-state index in [1.807, 2.05) is 12.1 Å². The van der Waals surface area contributed by atoms with Crippen molar-refractivity contribution in [3.05, 3.63) is 75.4 Å². The van der Waals surface area contributed by atoms with E-state index in [1.54, 1.807) is 48.9 Å². The summed E-state index contributed by atoms with van der Waals surface area (Å²) < 4.78 is 25.7. The first-order valence-electron chi connectivity index (χ1n) is 13.2. The molecule has 5 nitrogen and oxygen atoms in total. The first kappa shape index (κ1) is 25.5. The van der Waals surface area contributed by atoms with Crippen molar-refractivity contribution < 1.29 is 18.7 Å². The fourth-order valence-electron chi connectivity index (χ4n) is 5.22. The molecule has 1 amide bonds. The molecule has 2 aliphatic rings. The highest BCUT2D eigenvalue weighted by Gasteiger charge is 2.27. The summed E-state index contributed by atoms with van der Waals surface area (Å²) in [6, 6.07) is 12.4. The van der Waals surface area contributed by atoms with Crippen LogP contribution in [0.3, 0.4) is 0 Å². The van der Waals surface area contributed by atoms with Gasteiger partial charge in [-0.15, -0.1) is 11.3 Å². The number of nitrogens with one attached hydrogen (secondary N) is 1. The highest BCUT2D eigenvalue weighted by Crippen LogP contribution is 2.40. The molecule has 194 valence electrons. The van der Waals surface area contributed by atoms with Crippen molar-refractivity contribution in [2.24, 2.45) is 4.99 Å². The molecule has 0 atom stereocenters. The van der Waals surface area contributed by atoms with E-state index in [9.17, 15) is 9.18 Å². The number of aryl methyl sites for hydroxylation is 1. The van der Waals surface area contributed by atoms with Crippen LogP contribution in [-0.2, 0) is 19.4 Å². The molecule has 1 heterocycles. The quantitative estimate of drug-likeness (QED) is 0.321. The van der Waals surface area contributed by atoms with E-state index in [4.69, 9.17) is 14.5 Å². The number of thiophene rings is 1. The molecule has 0 spiro atoms.